The first-order valence-corrected chi connectivity index (χ1v) is 10.2. The predicted octanol–water partition coefficient (Wildman–Crippen LogP) is 5.69. The second-order valence-corrected chi connectivity index (χ2v) is 12.2. The summed E-state index contributed by atoms with van der Waals surface area (Å²) in [6.45, 7) is 12.2. The van der Waals surface area contributed by atoms with Gasteiger partial charge in [0.25, 0.3) is 8.32 Å². The van der Waals surface area contributed by atoms with Gasteiger partial charge in [0.1, 0.15) is 5.75 Å². The van der Waals surface area contributed by atoms with E-state index in [1.165, 1.54) is 6.92 Å². The van der Waals surface area contributed by atoms with Gasteiger partial charge in [0.05, 0.1) is 10.6 Å². The van der Waals surface area contributed by atoms with Gasteiger partial charge in [-0.2, -0.15) is 0 Å². The molecule has 1 aromatic rings. The van der Waals surface area contributed by atoms with E-state index in [-0.39, 0.29) is 10.8 Å². The van der Waals surface area contributed by atoms with Gasteiger partial charge in [0.15, 0.2) is 5.78 Å². The van der Waals surface area contributed by atoms with Crippen molar-refractivity contribution >= 4 is 41.6 Å². The maximum atomic E-state index is 11.8. The van der Waals surface area contributed by atoms with Crippen LogP contribution in [0.25, 0.3) is 0 Å². The summed E-state index contributed by atoms with van der Waals surface area (Å²) in [6.07, 6.45) is 0. The fraction of sp³-hybridized carbons (Fsp3) is 0.500. The van der Waals surface area contributed by atoms with Crippen LogP contribution in [0.5, 0.6) is 5.75 Å². The molecule has 0 saturated heterocycles. The summed E-state index contributed by atoms with van der Waals surface area (Å²) in [4.78, 5) is 11.8. The molecular formula is C14H20BrClO2Si. The molecule has 0 aliphatic rings. The van der Waals surface area contributed by atoms with Gasteiger partial charge in [0.2, 0.25) is 0 Å². The molecule has 0 aliphatic carbocycles. The molecule has 0 N–H and O–H groups in total. The second-order valence-electron chi connectivity index (χ2n) is 6.18. The highest BCUT2D eigenvalue weighted by Crippen LogP contribution is 2.41. The first-order valence-electron chi connectivity index (χ1n) is 6.15. The van der Waals surface area contributed by atoms with Crippen LogP contribution in [0.2, 0.25) is 23.2 Å². The summed E-state index contributed by atoms with van der Waals surface area (Å²) in [5, 5.41) is 0.529. The third kappa shape index (κ3) is 3.83. The van der Waals surface area contributed by atoms with Gasteiger partial charge in [0, 0.05) is 4.47 Å². The highest BCUT2D eigenvalue weighted by atomic mass is 79.9. The molecule has 0 aliphatic heterocycles. The average molecular weight is 364 g/mol. The molecule has 0 heterocycles. The van der Waals surface area contributed by atoms with Crippen LogP contribution >= 0.6 is 27.5 Å². The first-order chi connectivity index (χ1) is 8.45. The minimum Gasteiger partial charge on any atom is -0.542 e. The third-order valence-corrected chi connectivity index (χ3v) is 8.62. The van der Waals surface area contributed by atoms with E-state index in [1.807, 2.05) is 0 Å². The van der Waals surface area contributed by atoms with E-state index in [0.29, 0.717) is 16.3 Å². The van der Waals surface area contributed by atoms with Crippen LogP contribution < -0.4 is 4.43 Å². The number of benzene rings is 1. The van der Waals surface area contributed by atoms with Gasteiger partial charge in [-0.15, -0.1) is 0 Å². The highest BCUT2D eigenvalue weighted by Gasteiger charge is 2.40. The number of hydrogen-bond donors (Lipinski definition) is 0. The fourth-order valence-electron chi connectivity index (χ4n) is 1.33. The van der Waals surface area contributed by atoms with E-state index in [1.54, 1.807) is 12.1 Å². The Balaban J connectivity index is 3.32. The van der Waals surface area contributed by atoms with Crippen molar-refractivity contribution in [3.05, 3.63) is 27.2 Å². The molecule has 0 spiro atoms. The lowest BCUT2D eigenvalue weighted by Gasteiger charge is -2.37. The largest absolute Gasteiger partial charge is 0.542 e. The van der Waals surface area contributed by atoms with Crippen molar-refractivity contribution in [2.75, 3.05) is 0 Å². The Morgan fingerprint density at radius 1 is 1.32 bits per heavy atom. The second kappa shape index (κ2) is 5.58. The van der Waals surface area contributed by atoms with Crippen LogP contribution in [-0.4, -0.2) is 14.1 Å². The van der Waals surface area contributed by atoms with Gasteiger partial charge < -0.3 is 4.43 Å². The minimum atomic E-state index is -2.02. The van der Waals surface area contributed by atoms with E-state index in [0.717, 1.165) is 4.47 Å². The van der Waals surface area contributed by atoms with E-state index in [9.17, 15) is 4.79 Å². The Morgan fingerprint density at radius 2 is 1.84 bits per heavy atom. The summed E-state index contributed by atoms with van der Waals surface area (Å²) in [6, 6.07) is 3.52. The molecule has 1 rings (SSSR count). The van der Waals surface area contributed by atoms with Crippen molar-refractivity contribution in [1.82, 2.24) is 0 Å². The summed E-state index contributed by atoms with van der Waals surface area (Å²) in [5.41, 5.74) is 0.532. The summed E-state index contributed by atoms with van der Waals surface area (Å²) in [5.74, 6) is 0.473. The SMILES string of the molecule is CC(=O)c1cc(Br)cc(Cl)c1O[Si](C)(C)C(C)(C)C. The maximum absolute atomic E-state index is 11.8. The number of ketones is 1. The zero-order chi connectivity index (χ0) is 15.0. The van der Waals surface area contributed by atoms with Crippen molar-refractivity contribution in [3.8, 4) is 5.75 Å². The van der Waals surface area contributed by atoms with E-state index < -0.39 is 8.32 Å². The molecule has 0 atom stereocenters. The molecular weight excluding hydrogens is 344 g/mol. The molecule has 0 fully saturated rings. The summed E-state index contributed by atoms with van der Waals surface area (Å²) < 4.78 is 6.99. The predicted molar refractivity (Wildman–Crippen MR) is 87.0 cm³/mol. The molecule has 5 heteroatoms. The van der Waals surface area contributed by atoms with Crippen LogP contribution in [0.15, 0.2) is 16.6 Å². The maximum Gasteiger partial charge on any atom is 0.250 e. The van der Waals surface area contributed by atoms with Gasteiger partial charge >= 0.3 is 0 Å². The van der Waals surface area contributed by atoms with Crippen molar-refractivity contribution in [1.29, 1.82) is 0 Å². The van der Waals surface area contributed by atoms with Crippen LogP contribution in [-0.2, 0) is 0 Å². The topological polar surface area (TPSA) is 26.3 Å². The molecule has 0 radical (unpaired) electrons. The molecule has 0 amide bonds. The van der Waals surface area contributed by atoms with E-state index in [2.05, 4.69) is 49.8 Å². The van der Waals surface area contributed by atoms with Crippen LogP contribution in [0, 0.1) is 0 Å². The third-order valence-electron chi connectivity index (χ3n) is 3.55. The molecule has 0 aromatic heterocycles. The lowest BCUT2D eigenvalue weighted by atomic mass is 10.1. The molecule has 0 saturated carbocycles. The molecule has 0 bridgehead atoms. The number of rotatable bonds is 3. The van der Waals surface area contributed by atoms with E-state index in [4.69, 9.17) is 16.0 Å². The van der Waals surface area contributed by atoms with Crippen molar-refractivity contribution < 1.29 is 9.22 Å². The Morgan fingerprint density at radius 3 is 2.26 bits per heavy atom. The zero-order valence-electron chi connectivity index (χ0n) is 12.2. The number of carbonyl (C=O) groups excluding carboxylic acids is 1. The van der Waals surface area contributed by atoms with Gasteiger partial charge in [-0.05, 0) is 37.2 Å². The van der Waals surface area contributed by atoms with Crippen LogP contribution in [0.3, 0.4) is 0 Å². The van der Waals surface area contributed by atoms with Gasteiger partial charge in [-0.1, -0.05) is 48.3 Å². The standard InChI is InChI=1S/C14H20BrClO2Si/c1-9(17)11-7-10(15)8-12(16)13(11)18-19(5,6)14(2,3)4/h7-8H,1-6H3. The van der Waals surface area contributed by atoms with Gasteiger partial charge in [-0.25, -0.2) is 0 Å². The Kier molecular flexibility index (Phi) is 4.92. The quantitative estimate of drug-likeness (QED) is 0.509. The normalized spacial score (nSPS) is 12.4. The summed E-state index contributed by atoms with van der Waals surface area (Å²) >= 11 is 9.60. The Bertz CT molecular complexity index is 507. The van der Waals surface area contributed by atoms with Crippen LogP contribution in [0.4, 0.5) is 0 Å². The molecule has 0 unspecified atom stereocenters. The fourth-order valence-corrected chi connectivity index (χ4v) is 3.28. The average Bonchev–Trinajstić information content (AvgIpc) is 2.19. The molecule has 2 nitrogen and oxygen atoms in total. The lowest BCUT2D eigenvalue weighted by Crippen LogP contribution is -2.44. The minimum absolute atomic E-state index is 0.0445. The number of carbonyl (C=O) groups is 1. The Labute approximate surface area is 129 Å². The number of Topliss-reactive ketones (excluding diaryl/α,β-unsaturated/α-hetero) is 1. The van der Waals surface area contributed by atoms with Crippen molar-refractivity contribution in [2.45, 2.75) is 45.8 Å². The molecule has 1 aromatic carbocycles. The number of halogens is 2. The smallest absolute Gasteiger partial charge is 0.250 e. The van der Waals surface area contributed by atoms with Crippen molar-refractivity contribution in [3.63, 3.8) is 0 Å². The monoisotopic (exact) mass is 362 g/mol. The van der Waals surface area contributed by atoms with E-state index >= 15 is 0 Å². The van der Waals surface area contributed by atoms with Gasteiger partial charge in [-0.3, -0.25) is 4.79 Å². The first kappa shape index (κ1) is 16.7. The summed E-state index contributed by atoms with van der Waals surface area (Å²) in [7, 11) is -2.02. The Hall–Kier alpha value is -0.323. The lowest BCUT2D eigenvalue weighted by molar-refractivity contribution is 0.101. The van der Waals surface area contributed by atoms with Crippen LogP contribution in [0.1, 0.15) is 38.1 Å². The van der Waals surface area contributed by atoms with Crippen molar-refractivity contribution in [2.24, 2.45) is 0 Å². The highest BCUT2D eigenvalue weighted by molar-refractivity contribution is 9.10. The number of hydrogen-bond acceptors (Lipinski definition) is 2. The molecule has 19 heavy (non-hydrogen) atoms. The zero-order valence-corrected chi connectivity index (χ0v) is 15.6. The molecule has 106 valence electrons.